The summed E-state index contributed by atoms with van der Waals surface area (Å²) in [6, 6.07) is 43.3. The van der Waals surface area contributed by atoms with Gasteiger partial charge in [0.1, 0.15) is 0 Å². The van der Waals surface area contributed by atoms with Gasteiger partial charge in [0.05, 0.1) is 11.6 Å². The van der Waals surface area contributed by atoms with Crippen molar-refractivity contribution in [1.82, 2.24) is 0 Å². The van der Waals surface area contributed by atoms with Gasteiger partial charge in [0.15, 0.2) is 0 Å². The summed E-state index contributed by atoms with van der Waals surface area (Å²) in [6.45, 7) is 14.5. The lowest BCUT2D eigenvalue weighted by atomic mass is 9.26. The standard InChI is InChI=1S/C45H36B2N2/c1-26-15-21-37-41-39(26)44(3,4)31-11-7-9-13-33(31)46(41)35-23-30(29-19-17-28(25-48)18-20-29)24-36-43(35)49(37)38-22-16-27(2)40-42(38)47(36)34-14-10-8-12-32(34)45(40,5)6/h7-24H,1-6H3. The Kier molecular flexibility index (Phi) is 5.54. The highest BCUT2D eigenvalue weighted by atomic mass is 15.2. The summed E-state index contributed by atoms with van der Waals surface area (Å²) in [5, 5.41) is 9.62. The Morgan fingerprint density at radius 1 is 0.551 bits per heavy atom. The third-order valence-corrected chi connectivity index (χ3v) is 12.4. The first-order valence-electron chi connectivity index (χ1n) is 17.6. The first-order valence-corrected chi connectivity index (χ1v) is 17.6. The summed E-state index contributed by atoms with van der Waals surface area (Å²) in [4.78, 5) is 2.64. The quantitative estimate of drug-likeness (QED) is 0.202. The van der Waals surface area contributed by atoms with Gasteiger partial charge in [-0.25, -0.2) is 0 Å². The number of rotatable bonds is 1. The second kappa shape index (κ2) is 9.46. The van der Waals surface area contributed by atoms with Crippen molar-refractivity contribution in [3.63, 3.8) is 0 Å². The van der Waals surface area contributed by atoms with Gasteiger partial charge in [-0.2, -0.15) is 5.26 Å². The topological polar surface area (TPSA) is 27.0 Å². The van der Waals surface area contributed by atoms with E-state index in [0.717, 1.165) is 5.56 Å². The fourth-order valence-electron chi connectivity index (χ4n) is 10.6. The molecule has 0 amide bonds. The van der Waals surface area contributed by atoms with E-state index in [4.69, 9.17) is 0 Å². The third kappa shape index (κ3) is 3.48. The maximum absolute atomic E-state index is 9.62. The Hall–Kier alpha value is -5.26. The minimum absolute atomic E-state index is 0.110. The Bertz CT molecular complexity index is 2360. The molecule has 0 aliphatic carbocycles. The van der Waals surface area contributed by atoms with Crippen LogP contribution in [0.3, 0.4) is 0 Å². The molecule has 232 valence electrons. The molecule has 0 aromatic heterocycles. The Morgan fingerprint density at radius 3 is 1.49 bits per heavy atom. The molecule has 0 N–H and O–H groups in total. The van der Waals surface area contributed by atoms with Crippen molar-refractivity contribution in [3.05, 3.63) is 148 Å². The molecule has 6 aromatic rings. The number of benzene rings is 6. The van der Waals surface area contributed by atoms with Crippen molar-refractivity contribution in [2.24, 2.45) is 0 Å². The number of anilines is 3. The molecule has 0 radical (unpaired) electrons. The van der Waals surface area contributed by atoms with Gasteiger partial charge >= 0.3 is 0 Å². The molecule has 0 unspecified atom stereocenters. The van der Waals surface area contributed by atoms with Gasteiger partial charge in [0.25, 0.3) is 0 Å². The highest BCUT2D eigenvalue weighted by molar-refractivity contribution is 7.03. The first-order chi connectivity index (χ1) is 23.6. The second-order valence-electron chi connectivity index (χ2n) is 15.7. The summed E-state index contributed by atoms with van der Waals surface area (Å²) in [7, 11) is 0. The van der Waals surface area contributed by atoms with Crippen molar-refractivity contribution in [3.8, 4) is 17.2 Å². The first kappa shape index (κ1) is 28.7. The lowest BCUT2D eigenvalue weighted by Crippen LogP contribution is -2.70. The minimum atomic E-state index is -0.139. The van der Waals surface area contributed by atoms with E-state index in [1.165, 1.54) is 88.8 Å². The van der Waals surface area contributed by atoms with Gasteiger partial charge < -0.3 is 4.90 Å². The smallest absolute Gasteiger partial charge is 0.247 e. The molecule has 2 nitrogen and oxygen atoms in total. The van der Waals surface area contributed by atoms with Gasteiger partial charge in [-0.1, -0.05) is 124 Å². The number of fused-ring (bicyclic) bond motifs is 8. The Balaban J connectivity index is 1.40. The zero-order chi connectivity index (χ0) is 33.6. The zero-order valence-corrected chi connectivity index (χ0v) is 28.9. The molecule has 0 bridgehead atoms. The van der Waals surface area contributed by atoms with Crippen LogP contribution in [0.4, 0.5) is 17.1 Å². The summed E-state index contributed by atoms with van der Waals surface area (Å²) in [5.41, 5.74) is 23.6. The van der Waals surface area contributed by atoms with E-state index in [-0.39, 0.29) is 24.3 Å². The molecular weight excluding hydrogens is 590 g/mol. The van der Waals surface area contributed by atoms with Crippen LogP contribution in [0.15, 0.2) is 109 Å². The molecule has 49 heavy (non-hydrogen) atoms. The lowest BCUT2D eigenvalue weighted by molar-refractivity contribution is 0.640. The van der Waals surface area contributed by atoms with Crippen LogP contribution in [0.1, 0.15) is 66.6 Å². The van der Waals surface area contributed by atoms with Crippen LogP contribution in [0.5, 0.6) is 0 Å². The van der Waals surface area contributed by atoms with Crippen LogP contribution < -0.4 is 37.7 Å². The number of aryl methyl sites for hydroxylation is 2. The molecule has 4 heterocycles. The highest BCUT2D eigenvalue weighted by Gasteiger charge is 2.52. The zero-order valence-electron chi connectivity index (χ0n) is 28.9. The van der Waals surface area contributed by atoms with Crippen molar-refractivity contribution < 1.29 is 0 Å². The van der Waals surface area contributed by atoms with Crippen LogP contribution in [0.25, 0.3) is 11.1 Å². The van der Waals surface area contributed by atoms with Crippen molar-refractivity contribution in [2.75, 3.05) is 4.90 Å². The Morgan fingerprint density at radius 2 is 1.02 bits per heavy atom. The predicted molar refractivity (Wildman–Crippen MR) is 207 cm³/mol. The van der Waals surface area contributed by atoms with Gasteiger partial charge in [-0.3, -0.25) is 0 Å². The maximum Gasteiger partial charge on any atom is 0.247 e. The average Bonchev–Trinajstić information content (AvgIpc) is 3.10. The van der Waals surface area contributed by atoms with Gasteiger partial charge in [0, 0.05) is 27.9 Å². The van der Waals surface area contributed by atoms with Crippen molar-refractivity contribution in [2.45, 2.75) is 52.4 Å². The normalized spacial score (nSPS) is 16.1. The van der Waals surface area contributed by atoms with E-state index in [0.29, 0.717) is 5.56 Å². The summed E-state index contributed by atoms with van der Waals surface area (Å²) in [6.07, 6.45) is 0. The SMILES string of the molecule is Cc1ccc2c3c1C(C)(C)c1ccccc1B3c1cc(-c3ccc(C#N)cc3)cc3c1N2c1ccc(C)c2c1B3c1ccccc1C2(C)C. The van der Waals surface area contributed by atoms with E-state index in [1.54, 1.807) is 0 Å². The van der Waals surface area contributed by atoms with Crippen LogP contribution >= 0.6 is 0 Å². The third-order valence-electron chi connectivity index (χ3n) is 12.4. The molecular formula is C45H36B2N2. The van der Waals surface area contributed by atoms with E-state index >= 15 is 0 Å². The lowest BCUT2D eigenvalue weighted by Gasteiger charge is -2.51. The van der Waals surface area contributed by atoms with E-state index in [2.05, 4.69) is 150 Å². The number of nitrogens with zero attached hydrogens (tertiary/aromatic N) is 2. The molecule has 4 heteroatoms. The molecule has 10 rings (SSSR count). The molecule has 4 aliphatic heterocycles. The van der Waals surface area contributed by atoms with E-state index in [1.807, 2.05) is 12.1 Å². The second-order valence-corrected chi connectivity index (χ2v) is 15.7. The van der Waals surface area contributed by atoms with E-state index < -0.39 is 0 Å². The molecule has 0 fully saturated rings. The fourth-order valence-corrected chi connectivity index (χ4v) is 10.6. The summed E-state index contributed by atoms with van der Waals surface area (Å²) >= 11 is 0. The van der Waals surface area contributed by atoms with Gasteiger partial charge in [-0.05, 0) is 104 Å². The molecule has 4 aliphatic rings. The fraction of sp³-hybridized carbons (Fsp3) is 0.178. The van der Waals surface area contributed by atoms with Gasteiger partial charge in [0.2, 0.25) is 13.4 Å². The summed E-state index contributed by atoms with van der Waals surface area (Å²) < 4.78 is 0. The molecule has 0 atom stereocenters. The number of nitriles is 1. The van der Waals surface area contributed by atoms with E-state index in [9.17, 15) is 5.26 Å². The number of hydrogen-bond donors (Lipinski definition) is 0. The molecule has 0 spiro atoms. The van der Waals surface area contributed by atoms with Crippen LogP contribution in [0.2, 0.25) is 0 Å². The monoisotopic (exact) mass is 626 g/mol. The van der Waals surface area contributed by atoms with Gasteiger partial charge in [-0.15, -0.1) is 0 Å². The summed E-state index contributed by atoms with van der Waals surface area (Å²) in [5.74, 6) is 0. The minimum Gasteiger partial charge on any atom is -0.313 e. The molecule has 0 saturated heterocycles. The Labute approximate surface area is 290 Å². The highest BCUT2D eigenvalue weighted by Crippen LogP contribution is 2.47. The largest absolute Gasteiger partial charge is 0.313 e. The number of hydrogen-bond acceptors (Lipinski definition) is 2. The van der Waals surface area contributed by atoms with Crippen LogP contribution in [0, 0.1) is 25.2 Å². The van der Waals surface area contributed by atoms with Crippen LogP contribution in [-0.4, -0.2) is 13.4 Å². The van der Waals surface area contributed by atoms with Crippen molar-refractivity contribution in [1.29, 1.82) is 5.26 Å². The predicted octanol–water partition coefficient (Wildman–Crippen LogP) is 6.25. The average molecular weight is 626 g/mol. The van der Waals surface area contributed by atoms with Crippen molar-refractivity contribution >= 4 is 63.3 Å². The molecule has 0 saturated carbocycles. The van der Waals surface area contributed by atoms with Crippen LogP contribution in [-0.2, 0) is 10.8 Å². The molecule has 6 aromatic carbocycles. The maximum atomic E-state index is 9.62.